The van der Waals surface area contributed by atoms with Crippen LogP contribution in [0.4, 0.5) is 8.78 Å². The first-order valence-electron chi connectivity index (χ1n) is 5.49. The van der Waals surface area contributed by atoms with Gasteiger partial charge in [0, 0.05) is 6.42 Å². The van der Waals surface area contributed by atoms with Gasteiger partial charge in [-0.15, -0.1) is 0 Å². The second kappa shape index (κ2) is 5.25. The van der Waals surface area contributed by atoms with Gasteiger partial charge in [0.15, 0.2) is 0 Å². The number of benzene rings is 1. The first-order valence-corrected chi connectivity index (χ1v) is 5.49. The fourth-order valence-electron chi connectivity index (χ4n) is 1.52. The van der Waals surface area contributed by atoms with Gasteiger partial charge in [0.25, 0.3) is 0 Å². The van der Waals surface area contributed by atoms with E-state index in [1.807, 2.05) is 0 Å². The van der Waals surface area contributed by atoms with Gasteiger partial charge in [-0.25, -0.2) is 8.78 Å². The largest absolute Gasteiger partial charge is 0.481 e. The molecule has 1 aromatic carbocycles. The second-order valence-electron chi connectivity index (χ2n) is 4.38. The van der Waals surface area contributed by atoms with Gasteiger partial charge in [0.1, 0.15) is 0 Å². The SMILES string of the molecule is CC(C(=O)O)c1cccc(CCC(C)(F)F)c1. The van der Waals surface area contributed by atoms with E-state index in [2.05, 4.69) is 0 Å². The average Bonchev–Trinajstić information content (AvgIpc) is 2.24. The standard InChI is InChI=1S/C13H16F2O2/c1-9(12(16)17)11-5-3-4-10(8-11)6-7-13(2,14)15/h3-5,8-9H,6-7H2,1-2H3,(H,16,17). The molecule has 0 saturated heterocycles. The molecule has 0 aliphatic carbocycles. The summed E-state index contributed by atoms with van der Waals surface area (Å²) in [6.07, 6.45) is 0.0293. The summed E-state index contributed by atoms with van der Waals surface area (Å²) in [7, 11) is 0. The summed E-state index contributed by atoms with van der Waals surface area (Å²) in [5.74, 6) is -4.21. The third-order valence-electron chi connectivity index (χ3n) is 2.67. The second-order valence-corrected chi connectivity index (χ2v) is 4.38. The zero-order valence-electron chi connectivity index (χ0n) is 9.91. The van der Waals surface area contributed by atoms with Gasteiger partial charge in [-0.05, 0) is 31.4 Å². The molecule has 0 bridgehead atoms. The highest BCUT2D eigenvalue weighted by Gasteiger charge is 2.20. The normalized spacial score (nSPS) is 13.4. The zero-order chi connectivity index (χ0) is 13.1. The monoisotopic (exact) mass is 242 g/mol. The van der Waals surface area contributed by atoms with Gasteiger partial charge in [0.2, 0.25) is 5.92 Å². The fourth-order valence-corrected chi connectivity index (χ4v) is 1.52. The van der Waals surface area contributed by atoms with Gasteiger partial charge >= 0.3 is 5.97 Å². The first-order chi connectivity index (χ1) is 7.79. The summed E-state index contributed by atoms with van der Waals surface area (Å²) in [6, 6.07) is 6.83. The maximum absolute atomic E-state index is 12.7. The van der Waals surface area contributed by atoms with Crippen LogP contribution in [-0.2, 0) is 11.2 Å². The number of hydrogen-bond acceptors (Lipinski definition) is 1. The fraction of sp³-hybridized carbons (Fsp3) is 0.462. The van der Waals surface area contributed by atoms with E-state index in [9.17, 15) is 13.6 Å². The zero-order valence-corrected chi connectivity index (χ0v) is 9.91. The molecule has 4 heteroatoms. The van der Waals surface area contributed by atoms with E-state index < -0.39 is 17.8 Å². The van der Waals surface area contributed by atoms with Crippen LogP contribution in [-0.4, -0.2) is 17.0 Å². The lowest BCUT2D eigenvalue weighted by molar-refractivity contribution is -0.138. The minimum Gasteiger partial charge on any atom is -0.481 e. The Kier molecular flexibility index (Phi) is 4.21. The summed E-state index contributed by atoms with van der Waals surface area (Å²) in [4.78, 5) is 10.8. The van der Waals surface area contributed by atoms with E-state index in [1.165, 1.54) is 0 Å². The summed E-state index contributed by atoms with van der Waals surface area (Å²) < 4.78 is 25.4. The molecule has 0 aliphatic heterocycles. The Morgan fingerprint density at radius 2 is 2.12 bits per heavy atom. The lowest BCUT2D eigenvalue weighted by Gasteiger charge is -2.11. The third kappa shape index (κ3) is 4.51. The Bertz CT molecular complexity index is 397. The Morgan fingerprint density at radius 3 is 2.65 bits per heavy atom. The molecule has 0 aromatic heterocycles. The highest BCUT2D eigenvalue weighted by atomic mass is 19.3. The van der Waals surface area contributed by atoms with Crippen LogP contribution in [0, 0.1) is 0 Å². The van der Waals surface area contributed by atoms with E-state index in [-0.39, 0.29) is 12.8 Å². The first kappa shape index (κ1) is 13.6. The predicted molar refractivity (Wildman–Crippen MR) is 61.4 cm³/mol. The molecule has 2 nitrogen and oxygen atoms in total. The number of aryl methyl sites for hydroxylation is 1. The molecule has 0 aliphatic rings. The van der Waals surface area contributed by atoms with Gasteiger partial charge in [0.05, 0.1) is 5.92 Å². The molecule has 94 valence electrons. The lowest BCUT2D eigenvalue weighted by Crippen LogP contribution is -2.11. The molecule has 0 spiro atoms. The Balaban J connectivity index is 2.76. The summed E-state index contributed by atoms with van der Waals surface area (Å²) in [5, 5.41) is 8.87. The van der Waals surface area contributed by atoms with Crippen molar-refractivity contribution in [1.82, 2.24) is 0 Å². The molecule has 1 N–H and O–H groups in total. The number of carbonyl (C=O) groups is 1. The van der Waals surface area contributed by atoms with Gasteiger partial charge < -0.3 is 5.11 Å². The van der Waals surface area contributed by atoms with Crippen molar-refractivity contribution in [3.63, 3.8) is 0 Å². The van der Waals surface area contributed by atoms with Gasteiger partial charge in [-0.1, -0.05) is 24.3 Å². The van der Waals surface area contributed by atoms with Crippen molar-refractivity contribution in [2.45, 2.75) is 38.5 Å². The molecule has 1 rings (SSSR count). The van der Waals surface area contributed by atoms with Gasteiger partial charge in [-0.3, -0.25) is 4.79 Å². The molecule has 0 amide bonds. The Morgan fingerprint density at radius 1 is 1.47 bits per heavy atom. The van der Waals surface area contributed by atoms with Crippen LogP contribution in [0.5, 0.6) is 0 Å². The van der Waals surface area contributed by atoms with Crippen LogP contribution in [0.2, 0.25) is 0 Å². The van der Waals surface area contributed by atoms with Gasteiger partial charge in [-0.2, -0.15) is 0 Å². The van der Waals surface area contributed by atoms with Crippen molar-refractivity contribution in [3.05, 3.63) is 35.4 Å². The van der Waals surface area contributed by atoms with Crippen LogP contribution in [0.1, 0.15) is 37.3 Å². The number of hydrogen-bond donors (Lipinski definition) is 1. The molecule has 17 heavy (non-hydrogen) atoms. The Hall–Kier alpha value is -1.45. The van der Waals surface area contributed by atoms with Crippen LogP contribution in [0.25, 0.3) is 0 Å². The molecule has 1 atom stereocenters. The molecular weight excluding hydrogens is 226 g/mol. The molecule has 1 aromatic rings. The van der Waals surface area contributed by atoms with E-state index >= 15 is 0 Å². The number of halogens is 2. The summed E-state index contributed by atoms with van der Waals surface area (Å²) in [6.45, 7) is 2.46. The predicted octanol–water partition coefficient (Wildman–Crippen LogP) is 3.46. The molecule has 0 fully saturated rings. The Labute approximate surface area is 99.3 Å². The van der Waals surface area contributed by atoms with E-state index in [1.54, 1.807) is 31.2 Å². The molecule has 0 saturated carbocycles. The molecular formula is C13H16F2O2. The number of alkyl halides is 2. The van der Waals surface area contributed by atoms with Crippen molar-refractivity contribution in [2.24, 2.45) is 0 Å². The quantitative estimate of drug-likeness (QED) is 0.858. The average molecular weight is 242 g/mol. The molecule has 1 unspecified atom stereocenters. The number of aliphatic carboxylic acids is 1. The van der Waals surface area contributed by atoms with Crippen molar-refractivity contribution >= 4 is 5.97 Å². The van der Waals surface area contributed by atoms with Crippen molar-refractivity contribution in [2.75, 3.05) is 0 Å². The number of rotatable bonds is 5. The topological polar surface area (TPSA) is 37.3 Å². The minimum atomic E-state index is -2.69. The van der Waals surface area contributed by atoms with Crippen LogP contribution in [0.15, 0.2) is 24.3 Å². The molecule has 0 heterocycles. The van der Waals surface area contributed by atoms with Crippen LogP contribution < -0.4 is 0 Å². The van der Waals surface area contributed by atoms with E-state index in [4.69, 9.17) is 5.11 Å². The minimum absolute atomic E-state index is 0.224. The van der Waals surface area contributed by atoms with Crippen LogP contribution in [0.3, 0.4) is 0 Å². The van der Waals surface area contributed by atoms with Crippen molar-refractivity contribution in [3.8, 4) is 0 Å². The number of carboxylic acids is 1. The maximum Gasteiger partial charge on any atom is 0.310 e. The highest BCUT2D eigenvalue weighted by Crippen LogP contribution is 2.22. The van der Waals surface area contributed by atoms with E-state index in [0.717, 1.165) is 12.5 Å². The third-order valence-corrected chi connectivity index (χ3v) is 2.67. The lowest BCUT2D eigenvalue weighted by atomic mass is 9.97. The number of carboxylic acid groups (broad SMARTS) is 1. The summed E-state index contributed by atoms with van der Waals surface area (Å²) >= 11 is 0. The highest BCUT2D eigenvalue weighted by molar-refractivity contribution is 5.75. The summed E-state index contributed by atoms with van der Waals surface area (Å²) in [5.41, 5.74) is 1.39. The maximum atomic E-state index is 12.7. The van der Waals surface area contributed by atoms with Crippen molar-refractivity contribution in [1.29, 1.82) is 0 Å². The molecule has 0 radical (unpaired) electrons. The van der Waals surface area contributed by atoms with E-state index in [0.29, 0.717) is 5.56 Å². The van der Waals surface area contributed by atoms with Crippen LogP contribution >= 0.6 is 0 Å². The smallest absolute Gasteiger partial charge is 0.310 e. The van der Waals surface area contributed by atoms with Crippen molar-refractivity contribution < 1.29 is 18.7 Å².